The number of carbonyl (C=O) groups is 9. The van der Waals surface area contributed by atoms with Crippen molar-refractivity contribution in [3.8, 4) is 0 Å². The summed E-state index contributed by atoms with van der Waals surface area (Å²) in [6.45, 7) is 14.6. The fourth-order valence-corrected chi connectivity index (χ4v) is 9.60. The first-order chi connectivity index (χ1) is 33.7. The van der Waals surface area contributed by atoms with Crippen LogP contribution in [0.3, 0.4) is 0 Å². The van der Waals surface area contributed by atoms with Crippen molar-refractivity contribution in [3.05, 3.63) is 71.8 Å². The number of ether oxygens (including phenoxy) is 1. The van der Waals surface area contributed by atoms with E-state index < -0.39 is 114 Å². The number of rotatable bonds is 11. The van der Waals surface area contributed by atoms with Crippen molar-refractivity contribution in [2.45, 2.75) is 168 Å². The molecular formula is C53H76N8O10. The van der Waals surface area contributed by atoms with Crippen LogP contribution in [0.15, 0.2) is 60.7 Å². The number of hydrogen-bond acceptors (Lipinski definition) is 10. The lowest BCUT2D eigenvalue weighted by Crippen LogP contribution is -2.61. The van der Waals surface area contributed by atoms with Crippen LogP contribution in [0.1, 0.15) is 111 Å². The van der Waals surface area contributed by atoms with Crippen molar-refractivity contribution in [1.82, 2.24) is 41.3 Å². The molecule has 2 aromatic carbocycles. The number of fused-ring (bicyclic) bond motifs is 2. The first kappa shape index (κ1) is 55.6. The van der Waals surface area contributed by atoms with Crippen molar-refractivity contribution in [2.75, 3.05) is 20.1 Å². The third-order valence-electron chi connectivity index (χ3n) is 13.5. The number of nitrogens with zero attached hydrogens (tertiary/aromatic N) is 3. The highest BCUT2D eigenvalue weighted by atomic mass is 16.5. The number of nitrogens with one attached hydrogen (secondary N) is 5. The highest BCUT2D eigenvalue weighted by molar-refractivity contribution is 5.99. The fraction of sp³-hybridized carbons (Fsp3) is 0.604. The van der Waals surface area contributed by atoms with Crippen LogP contribution in [-0.2, 0) is 60.7 Å². The summed E-state index contributed by atoms with van der Waals surface area (Å²) in [6, 6.07) is 8.46. The van der Waals surface area contributed by atoms with Gasteiger partial charge in [-0.1, -0.05) is 109 Å². The molecule has 0 aromatic heterocycles. The van der Waals surface area contributed by atoms with Crippen molar-refractivity contribution in [3.63, 3.8) is 0 Å². The van der Waals surface area contributed by atoms with Gasteiger partial charge in [-0.25, -0.2) is 4.79 Å². The number of likely N-dealkylation sites (N-methyl/N-ethyl adjacent to an activating group) is 1. The highest BCUT2D eigenvalue weighted by Gasteiger charge is 2.46. The monoisotopic (exact) mass is 985 g/mol. The zero-order valence-electron chi connectivity index (χ0n) is 42.9. The maximum atomic E-state index is 14.7. The largest absolute Gasteiger partial charge is 0.458 e. The molecule has 0 saturated carbocycles. The molecule has 3 heterocycles. The van der Waals surface area contributed by atoms with Crippen molar-refractivity contribution < 1.29 is 47.9 Å². The predicted molar refractivity (Wildman–Crippen MR) is 266 cm³/mol. The quantitative estimate of drug-likeness (QED) is 0.207. The molecule has 0 aliphatic carbocycles. The van der Waals surface area contributed by atoms with Crippen molar-refractivity contribution >= 4 is 53.2 Å². The van der Waals surface area contributed by atoms with Crippen molar-refractivity contribution in [1.29, 1.82) is 0 Å². The Morgan fingerprint density at radius 3 is 1.70 bits per heavy atom. The number of carbonyl (C=O) groups excluding carboxylic acids is 9. The molecule has 388 valence electrons. The van der Waals surface area contributed by atoms with Gasteiger partial charge < -0.3 is 46.0 Å². The van der Waals surface area contributed by atoms with Crippen LogP contribution in [0.2, 0.25) is 0 Å². The van der Waals surface area contributed by atoms with Gasteiger partial charge in [0, 0.05) is 39.4 Å². The lowest BCUT2D eigenvalue weighted by Gasteiger charge is -2.35. The van der Waals surface area contributed by atoms with Gasteiger partial charge in [0.25, 0.3) is 0 Å². The second-order valence-electron chi connectivity index (χ2n) is 20.4. The Morgan fingerprint density at radius 1 is 0.634 bits per heavy atom. The van der Waals surface area contributed by atoms with Crippen LogP contribution >= 0.6 is 0 Å². The van der Waals surface area contributed by atoms with E-state index in [1.54, 1.807) is 81.4 Å². The molecule has 2 aromatic rings. The van der Waals surface area contributed by atoms with E-state index in [9.17, 15) is 43.2 Å². The molecule has 9 unspecified atom stereocenters. The molecule has 3 fully saturated rings. The van der Waals surface area contributed by atoms with Gasteiger partial charge in [-0.05, 0) is 74.3 Å². The standard InChI is InChI=1S/C53H76N8O10/c1-10-43(62)57-45-34(8)71-53(70)42(30-36-21-15-12-16-22-36)59(9)50(67)39(28-32(4)5)56-48(65)40-23-17-25-60(40)51(68)41-24-18-26-61(41)52(69)44(33(6)7)58-47(64)37(27-31(2)3)54-46(63)38(55-49(45)66)29-35-19-13-11-14-20-35/h11-16,19-22,31-34,37-42,44-45H,10,17-18,23-30H2,1-9H3,(H,54,63)(H,55,66)(H,56,65)(H,57,62)(H,58,64). The normalized spacial score (nSPS) is 27.0. The predicted octanol–water partition coefficient (Wildman–Crippen LogP) is 2.81. The molecule has 5 N–H and O–H groups in total. The highest BCUT2D eigenvalue weighted by Crippen LogP contribution is 2.27. The number of esters is 1. The van der Waals surface area contributed by atoms with Crippen LogP contribution in [-0.4, -0.2) is 143 Å². The fourth-order valence-electron chi connectivity index (χ4n) is 9.60. The molecule has 9 atom stereocenters. The summed E-state index contributed by atoms with van der Waals surface area (Å²) in [5, 5.41) is 14.1. The lowest BCUT2D eigenvalue weighted by molar-refractivity contribution is -0.161. The van der Waals surface area contributed by atoms with Gasteiger partial charge in [0.15, 0.2) is 0 Å². The molecule has 3 aliphatic rings. The van der Waals surface area contributed by atoms with Crippen LogP contribution in [0.25, 0.3) is 0 Å². The minimum Gasteiger partial charge on any atom is -0.458 e. The summed E-state index contributed by atoms with van der Waals surface area (Å²) < 4.78 is 6.04. The number of amides is 8. The first-order valence-electron chi connectivity index (χ1n) is 25.4. The maximum absolute atomic E-state index is 14.7. The average molecular weight is 985 g/mol. The Bertz CT molecular complexity index is 2210. The summed E-state index contributed by atoms with van der Waals surface area (Å²) in [6.07, 6.45) is 0.589. The van der Waals surface area contributed by atoms with E-state index in [0.29, 0.717) is 36.8 Å². The molecule has 5 rings (SSSR count). The van der Waals surface area contributed by atoms with E-state index in [1.165, 1.54) is 28.7 Å². The van der Waals surface area contributed by atoms with Crippen molar-refractivity contribution in [2.24, 2.45) is 17.8 Å². The van der Waals surface area contributed by atoms with E-state index in [1.807, 2.05) is 27.7 Å². The van der Waals surface area contributed by atoms with Gasteiger partial charge >= 0.3 is 5.97 Å². The SMILES string of the molecule is CCC(=O)NC1C(=O)NC(Cc2ccccc2)C(=O)NC(CC(C)C)C(=O)NC(C(C)C)C(=O)N2CCCC2C(=O)N2CCCC2C(=O)NC(CC(C)C)C(=O)N(C)C(Cc2ccccc2)C(=O)OC1C. The topological polar surface area (TPSA) is 233 Å². The lowest BCUT2D eigenvalue weighted by atomic mass is 9.98. The van der Waals surface area contributed by atoms with E-state index in [0.717, 1.165) is 0 Å². The second-order valence-corrected chi connectivity index (χ2v) is 20.4. The summed E-state index contributed by atoms with van der Waals surface area (Å²) in [5.41, 5.74) is 1.35. The Morgan fingerprint density at radius 2 is 1.14 bits per heavy atom. The Balaban J connectivity index is 1.61. The number of cyclic esters (lactones) is 1. The zero-order chi connectivity index (χ0) is 52.1. The minimum absolute atomic E-state index is 0.0151. The summed E-state index contributed by atoms with van der Waals surface area (Å²) in [4.78, 5) is 134. The Hall–Kier alpha value is -6.33. The Labute approximate surface area is 418 Å². The summed E-state index contributed by atoms with van der Waals surface area (Å²) in [7, 11) is 1.44. The number of benzene rings is 2. The molecule has 3 saturated heterocycles. The molecular weight excluding hydrogens is 909 g/mol. The van der Waals surface area contributed by atoms with Crippen LogP contribution < -0.4 is 26.6 Å². The molecule has 8 amide bonds. The Kier molecular flexibility index (Phi) is 20.1. The molecule has 18 heteroatoms. The van der Waals surface area contributed by atoms with E-state index >= 15 is 0 Å². The van der Waals surface area contributed by atoms with E-state index in [-0.39, 0.29) is 57.0 Å². The van der Waals surface area contributed by atoms with Crippen LogP contribution in [0.4, 0.5) is 0 Å². The summed E-state index contributed by atoms with van der Waals surface area (Å²) in [5.74, 6) is -6.33. The molecule has 3 aliphatic heterocycles. The van der Waals surface area contributed by atoms with Gasteiger partial charge in [-0.3, -0.25) is 38.4 Å². The summed E-state index contributed by atoms with van der Waals surface area (Å²) >= 11 is 0. The maximum Gasteiger partial charge on any atom is 0.329 e. The van der Waals surface area contributed by atoms with E-state index in [4.69, 9.17) is 4.74 Å². The molecule has 0 spiro atoms. The third-order valence-corrected chi connectivity index (χ3v) is 13.5. The van der Waals surface area contributed by atoms with Gasteiger partial charge in [-0.15, -0.1) is 0 Å². The molecule has 71 heavy (non-hydrogen) atoms. The average Bonchev–Trinajstić information content (AvgIpc) is 4.04. The number of hydrogen-bond donors (Lipinski definition) is 5. The zero-order valence-corrected chi connectivity index (χ0v) is 42.9. The van der Waals surface area contributed by atoms with Gasteiger partial charge in [0.2, 0.25) is 47.3 Å². The second kappa shape index (κ2) is 25.7. The smallest absolute Gasteiger partial charge is 0.329 e. The van der Waals surface area contributed by atoms with Gasteiger partial charge in [-0.2, -0.15) is 0 Å². The van der Waals surface area contributed by atoms with Gasteiger partial charge in [0.05, 0.1) is 0 Å². The minimum atomic E-state index is -1.53. The molecule has 0 bridgehead atoms. The molecule has 0 radical (unpaired) electrons. The first-order valence-corrected chi connectivity index (χ1v) is 25.4. The van der Waals surface area contributed by atoms with E-state index in [2.05, 4.69) is 26.6 Å². The third kappa shape index (κ3) is 14.9. The molecule has 18 nitrogen and oxygen atoms in total. The van der Waals surface area contributed by atoms with Gasteiger partial charge in [0.1, 0.15) is 54.4 Å². The van der Waals surface area contributed by atoms with Crippen LogP contribution in [0, 0.1) is 17.8 Å². The van der Waals surface area contributed by atoms with Crippen LogP contribution in [0.5, 0.6) is 0 Å².